The Balaban J connectivity index is 1.20. The summed E-state index contributed by atoms with van der Waals surface area (Å²) in [7, 11) is 0. The number of hydrogen-bond acceptors (Lipinski definition) is 10. The quantitative estimate of drug-likeness (QED) is 0.276. The first-order chi connectivity index (χ1) is 18.2. The van der Waals surface area contributed by atoms with Crippen LogP contribution in [-0.2, 0) is 16.2 Å². The Labute approximate surface area is 232 Å². The van der Waals surface area contributed by atoms with Gasteiger partial charge in [0.15, 0.2) is 10.1 Å². The maximum absolute atomic E-state index is 13.2. The Kier molecular flexibility index (Phi) is 7.66. The third kappa shape index (κ3) is 5.39. The van der Waals surface area contributed by atoms with Gasteiger partial charge in [-0.05, 0) is 42.8 Å². The normalized spacial score (nSPS) is 18.7. The molecule has 0 aliphatic carbocycles. The lowest BCUT2D eigenvalue weighted by atomic mass is 10.0. The summed E-state index contributed by atoms with van der Waals surface area (Å²) in [5.74, 6) is -1.56. The van der Waals surface area contributed by atoms with Crippen molar-refractivity contribution in [3.05, 3.63) is 69.0 Å². The van der Waals surface area contributed by atoms with Crippen LogP contribution in [-0.4, -0.2) is 60.9 Å². The van der Waals surface area contributed by atoms with Gasteiger partial charge in [0.2, 0.25) is 0 Å². The predicted molar refractivity (Wildman–Crippen MR) is 139 cm³/mol. The van der Waals surface area contributed by atoms with Gasteiger partial charge in [-0.3, -0.25) is 14.5 Å². The fourth-order valence-corrected chi connectivity index (χ4v) is 7.33. The predicted octanol–water partition coefficient (Wildman–Crippen LogP) is 3.96. The number of nitrogens with one attached hydrogen (secondary N) is 1. The standard InChI is InChI=1S/C23H18ClFN4O6S3/c1-10-27-28-23(38-10)37-9-11-8-36-21-17(20(31)29(21)18(11)22(32)33)26-19(30)16-5-3-13(35-16)7-34-15-4-2-12(25)6-14(15)24/h2-6,17,21H,7-9H2,1H3,(H,26,30)(H,32,33)/t17-,21-/m1/s1. The van der Waals surface area contributed by atoms with Crippen LogP contribution in [0.15, 0.2) is 50.4 Å². The Morgan fingerprint density at radius 3 is 2.87 bits per heavy atom. The van der Waals surface area contributed by atoms with Gasteiger partial charge in [-0.15, -0.1) is 22.0 Å². The SMILES string of the molecule is Cc1nnc(SCC2=C(C(=O)O)N3C(=O)[C@@H](NC(=O)c4ccc(COc5ccc(F)cc5Cl)o4)[C@H]3SC2)s1. The molecule has 5 rings (SSSR count). The highest BCUT2D eigenvalue weighted by atomic mass is 35.5. The van der Waals surface area contributed by atoms with Crippen molar-refractivity contribution in [2.75, 3.05) is 11.5 Å². The van der Waals surface area contributed by atoms with Crippen molar-refractivity contribution in [1.29, 1.82) is 0 Å². The van der Waals surface area contributed by atoms with Gasteiger partial charge in [0, 0.05) is 11.5 Å². The number of halogens is 2. The lowest BCUT2D eigenvalue weighted by Gasteiger charge is -2.49. The van der Waals surface area contributed by atoms with Crippen LogP contribution in [0.25, 0.3) is 0 Å². The van der Waals surface area contributed by atoms with E-state index in [-0.39, 0.29) is 28.8 Å². The smallest absolute Gasteiger partial charge is 0.352 e. The summed E-state index contributed by atoms with van der Waals surface area (Å²) in [6.07, 6.45) is 0. The second kappa shape index (κ2) is 11.0. The Morgan fingerprint density at radius 2 is 2.16 bits per heavy atom. The number of benzene rings is 1. The molecule has 0 radical (unpaired) electrons. The minimum absolute atomic E-state index is 0.0423. The van der Waals surface area contributed by atoms with Crippen molar-refractivity contribution in [3.63, 3.8) is 0 Å². The van der Waals surface area contributed by atoms with Crippen LogP contribution in [0.4, 0.5) is 4.39 Å². The molecule has 2 N–H and O–H groups in total. The van der Waals surface area contributed by atoms with Crippen molar-refractivity contribution in [2.24, 2.45) is 0 Å². The number of carbonyl (C=O) groups is 3. The lowest BCUT2D eigenvalue weighted by Crippen LogP contribution is -2.70. The molecule has 4 heterocycles. The number of hydrogen-bond donors (Lipinski definition) is 2. The van der Waals surface area contributed by atoms with Crippen LogP contribution >= 0.6 is 46.5 Å². The van der Waals surface area contributed by atoms with Crippen LogP contribution in [0, 0.1) is 12.7 Å². The van der Waals surface area contributed by atoms with Gasteiger partial charge in [-0.1, -0.05) is 34.7 Å². The summed E-state index contributed by atoms with van der Waals surface area (Å²) in [5.41, 5.74) is 0.543. The van der Waals surface area contributed by atoms with Gasteiger partial charge in [0.25, 0.3) is 11.8 Å². The maximum atomic E-state index is 13.2. The molecule has 1 fully saturated rings. The van der Waals surface area contributed by atoms with Gasteiger partial charge in [0.05, 0.1) is 5.02 Å². The monoisotopic (exact) mass is 596 g/mol. The minimum atomic E-state index is -1.20. The molecule has 0 saturated carbocycles. The van der Waals surface area contributed by atoms with Crippen molar-refractivity contribution in [3.8, 4) is 5.75 Å². The molecule has 0 spiro atoms. The van der Waals surface area contributed by atoms with Gasteiger partial charge in [0.1, 0.15) is 46.1 Å². The Morgan fingerprint density at radius 1 is 1.34 bits per heavy atom. The van der Waals surface area contributed by atoms with Crippen molar-refractivity contribution in [2.45, 2.75) is 29.3 Å². The van der Waals surface area contributed by atoms with E-state index in [1.165, 1.54) is 64.0 Å². The molecule has 0 bridgehead atoms. The van der Waals surface area contributed by atoms with E-state index >= 15 is 0 Å². The second-order valence-electron chi connectivity index (χ2n) is 8.12. The number of β-lactam (4-membered cyclic amide) rings is 1. The molecule has 2 atom stereocenters. The number of rotatable bonds is 9. The number of furan rings is 1. The molecule has 198 valence electrons. The lowest BCUT2D eigenvalue weighted by molar-refractivity contribution is -0.148. The number of amides is 2. The van der Waals surface area contributed by atoms with Gasteiger partial charge in [-0.2, -0.15) is 0 Å². The van der Waals surface area contributed by atoms with Crippen molar-refractivity contribution >= 4 is 64.2 Å². The first kappa shape index (κ1) is 26.5. The van der Waals surface area contributed by atoms with Crippen LogP contribution in [0.5, 0.6) is 5.75 Å². The molecule has 0 unspecified atom stereocenters. The van der Waals surface area contributed by atoms with Gasteiger partial charge >= 0.3 is 5.97 Å². The minimum Gasteiger partial charge on any atom is -0.484 e. The number of aryl methyl sites for hydroxylation is 1. The molecule has 3 aromatic rings. The number of aromatic nitrogens is 2. The van der Waals surface area contributed by atoms with E-state index in [1.807, 2.05) is 6.92 Å². The number of aliphatic carboxylic acids is 1. The summed E-state index contributed by atoms with van der Waals surface area (Å²) in [6.45, 7) is 1.77. The summed E-state index contributed by atoms with van der Waals surface area (Å²) < 4.78 is 24.9. The van der Waals surface area contributed by atoms with Crippen LogP contribution in [0.3, 0.4) is 0 Å². The third-order valence-electron chi connectivity index (χ3n) is 5.56. The number of carboxylic acid groups (broad SMARTS) is 1. The highest BCUT2D eigenvalue weighted by Crippen LogP contribution is 2.42. The molecular formula is C23H18ClFN4O6S3. The zero-order valence-corrected chi connectivity index (χ0v) is 22.7. The molecule has 2 aliphatic heterocycles. The molecule has 15 heteroatoms. The van der Waals surface area contributed by atoms with Gasteiger partial charge in [-0.25, -0.2) is 9.18 Å². The summed E-state index contributed by atoms with van der Waals surface area (Å²) >= 11 is 10.1. The summed E-state index contributed by atoms with van der Waals surface area (Å²) in [4.78, 5) is 38.9. The molecule has 2 aliphatic rings. The van der Waals surface area contributed by atoms with E-state index in [0.29, 0.717) is 22.8 Å². The van der Waals surface area contributed by atoms with Crippen LogP contribution < -0.4 is 10.1 Å². The average molecular weight is 597 g/mol. The van der Waals surface area contributed by atoms with E-state index in [2.05, 4.69) is 15.5 Å². The largest absolute Gasteiger partial charge is 0.484 e. The van der Waals surface area contributed by atoms with Crippen LogP contribution in [0.1, 0.15) is 21.3 Å². The molecule has 1 saturated heterocycles. The topological polar surface area (TPSA) is 135 Å². The van der Waals surface area contributed by atoms with E-state index in [1.54, 1.807) is 0 Å². The third-order valence-corrected chi connectivity index (χ3v) is 9.26. The van der Waals surface area contributed by atoms with E-state index < -0.39 is 35.0 Å². The van der Waals surface area contributed by atoms with E-state index in [4.69, 9.17) is 20.8 Å². The second-order valence-corrected chi connectivity index (χ2v) is 12.0. The number of thioether (sulfide) groups is 2. The molecule has 2 amide bonds. The molecule has 10 nitrogen and oxygen atoms in total. The Hall–Kier alpha value is -3.07. The molecular weight excluding hydrogens is 579 g/mol. The highest BCUT2D eigenvalue weighted by molar-refractivity contribution is 8.01. The first-order valence-corrected chi connectivity index (χ1v) is 14.2. The van der Waals surface area contributed by atoms with E-state index in [0.717, 1.165) is 15.4 Å². The highest BCUT2D eigenvalue weighted by Gasteiger charge is 2.54. The molecule has 1 aromatic carbocycles. The zero-order chi connectivity index (χ0) is 27.0. The number of nitrogens with zero attached hydrogens (tertiary/aromatic N) is 3. The maximum Gasteiger partial charge on any atom is 0.352 e. The Bertz CT molecular complexity index is 1460. The van der Waals surface area contributed by atoms with E-state index in [9.17, 15) is 23.9 Å². The van der Waals surface area contributed by atoms with Crippen molar-refractivity contribution < 1.29 is 33.0 Å². The van der Waals surface area contributed by atoms with Crippen molar-refractivity contribution in [1.82, 2.24) is 20.4 Å². The molecule has 2 aromatic heterocycles. The first-order valence-electron chi connectivity index (χ1n) is 11.0. The van der Waals surface area contributed by atoms with Crippen LogP contribution in [0.2, 0.25) is 5.02 Å². The number of carboxylic acids is 1. The zero-order valence-electron chi connectivity index (χ0n) is 19.5. The fourth-order valence-electron chi connectivity index (χ4n) is 3.81. The summed E-state index contributed by atoms with van der Waals surface area (Å²) in [5, 5.41) is 20.8. The average Bonchev–Trinajstić information content (AvgIpc) is 3.53. The number of carbonyl (C=O) groups excluding carboxylic acids is 2. The van der Waals surface area contributed by atoms with Gasteiger partial charge < -0.3 is 19.6 Å². The summed E-state index contributed by atoms with van der Waals surface area (Å²) in [6, 6.07) is 5.77. The molecule has 38 heavy (non-hydrogen) atoms. The number of fused-ring (bicyclic) bond motifs is 1. The number of ether oxygens (including phenoxy) is 1. The fraction of sp³-hybridized carbons (Fsp3) is 0.261.